The van der Waals surface area contributed by atoms with Gasteiger partial charge >= 0.3 is 0 Å². The molecule has 0 aliphatic heterocycles. The predicted molar refractivity (Wildman–Crippen MR) is 82.6 cm³/mol. The highest BCUT2D eigenvalue weighted by Gasteiger charge is 2.11. The highest BCUT2D eigenvalue weighted by Crippen LogP contribution is 2.29. The Hall–Kier alpha value is -1.73. The van der Waals surface area contributed by atoms with E-state index in [1.807, 2.05) is 6.07 Å². The van der Waals surface area contributed by atoms with E-state index < -0.39 is 6.10 Å². The van der Waals surface area contributed by atoms with Crippen molar-refractivity contribution in [3.8, 4) is 11.8 Å². The van der Waals surface area contributed by atoms with Gasteiger partial charge in [0.25, 0.3) is 0 Å². The molecular weight excluding hydrogens is 309 g/mol. The topological polar surface area (TPSA) is 53.2 Å². The summed E-state index contributed by atoms with van der Waals surface area (Å²) >= 11 is 12.0. The molecule has 0 bridgehead atoms. The zero-order chi connectivity index (χ0) is 15.4. The number of aliphatic hydroxyl groups excluding tert-OH is 1. The van der Waals surface area contributed by atoms with Gasteiger partial charge in [-0.05, 0) is 37.3 Å². The van der Waals surface area contributed by atoms with Gasteiger partial charge < -0.3 is 9.84 Å². The second-order valence-electron chi connectivity index (χ2n) is 4.56. The minimum absolute atomic E-state index is 0.242. The fourth-order valence-electron chi connectivity index (χ4n) is 1.87. The van der Waals surface area contributed by atoms with E-state index in [4.69, 9.17) is 33.2 Å². The van der Waals surface area contributed by atoms with Gasteiger partial charge in [0, 0.05) is 21.2 Å². The first kappa shape index (κ1) is 15.7. The van der Waals surface area contributed by atoms with Crippen LogP contribution in [0.4, 0.5) is 0 Å². The number of rotatable bonds is 4. The Labute approximate surface area is 133 Å². The maximum absolute atomic E-state index is 9.75. The van der Waals surface area contributed by atoms with Gasteiger partial charge in [-0.15, -0.1) is 0 Å². The quantitative estimate of drug-likeness (QED) is 0.902. The Morgan fingerprint density at radius 2 is 2.00 bits per heavy atom. The summed E-state index contributed by atoms with van der Waals surface area (Å²) in [6.07, 6.45) is -0.685. The zero-order valence-corrected chi connectivity index (χ0v) is 12.8. The van der Waals surface area contributed by atoms with Crippen molar-refractivity contribution in [2.24, 2.45) is 0 Å². The summed E-state index contributed by atoms with van der Waals surface area (Å²) in [5.74, 6) is 0.551. The van der Waals surface area contributed by atoms with Gasteiger partial charge in [0.2, 0.25) is 0 Å². The van der Waals surface area contributed by atoms with Crippen LogP contribution in [0.1, 0.15) is 29.7 Å². The Balaban J connectivity index is 2.19. The van der Waals surface area contributed by atoms with E-state index in [1.54, 1.807) is 43.3 Å². The van der Waals surface area contributed by atoms with Gasteiger partial charge in [0.15, 0.2) is 0 Å². The smallest absolute Gasteiger partial charge is 0.125 e. The van der Waals surface area contributed by atoms with Gasteiger partial charge in [-0.2, -0.15) is 5.26 Å². The van der Waals surface area contributed by atoms with Crippen molar-refractivity contribution in [3.05, 3.63) is 63.1 Å². The Kier molecular flexibility index (Phi) is 5.08. The zero-order valence-electron chi connectivity index (χ0n) is 11.3. The van der Waals surface area contributed by atoms with Crippen LogP contribution in [-0.2, 0) is 6.61 Å². The second-order valence-corrected chi connectivity index (χ2v) is 5.41. The molecule has 0 saturated carbocycles. The summed E-state index contributed by atoms with van der Waals surface area (Å²) in [6, 6.07) is 12.1. The van der Waals surface area contributed by atoms with Gasteiger partial charge in [-0.1, -0.05) is 29.3 Å². The SMILES string of the molecule is C[C@H](O)c1cc(Cl)ccc1OCc1ccc(C#N)cc1Cl. The third kappa shape index (κ3) is 3.89. The molecule has 2 rings (SSSR count). The summed E-state index contributed by atoms with van der Waals surface area (Å²) in [4.78, 5) is 0. The van der Waals surface area contributed by atoms with Gasteiger partial charge in [0.1, 0.15) is 12.4 Å². The minimum atomic E-state index is -0.685. The van der Waals surface area contributed by atoms with Crippen LogP contribution in [0.3, 0.4) is 0 Å². The van der Waals surface area contributed by atoms with Crippen LogP contribution in [0.25, 0.3) is 0 Å². The first-order chi connectivity index (χ1) is 10.0. The molecule has 2 aromatic rings. The van der Waals surface area contributed by atoms with Crippen LogP contribution in [0, 0.1) is 11.3 Å². The van der Waals surface area contributed by atoms with Gasteiger partial charge in [-0.3, -0.25) is 0 Å². The summed E-state index contributed by atoms with van der Waals surface area (Å²) in [6.45, 7) is 1.89. The maximum atomic E-state index is 9.75. The first-order valence-electron chi connectivity index (χ1n) is 6.30. The molecule has 2 aromatic carbocycles. The number of hydrogen-bond donors (Lipinski definition) is 1. The van der Waals surface area contributed by atoms with E-state index in [0.717, 1.165) is 5.56 Å². The van der Waals surface area contributed by atoms with Crippen LogP contribution in [0.15, 0.2) is 36.4 Å². The fourth-order valence-corrected chi connectivity index (χ4v) is 2.28. The number of nitriles is 1. The van der Waals surface area contributed by atoms with Crippen LogP contribution in [0.5, 0.6) is 5.75 Å². The first-order valence-corrected chi connectivity index (χ1v) is 7.05. The van der Waals surface area contributed by atoms with Gasteiger partial charge in [-0.25, -0.2) is 0 Å². The van der Waals surface area contributed by atoms with E-state index in [1.165, 1.54) is 0 Å². The maximum Gasteiger partial charge on any atom is 0.125 e. The molecule has 21 heavy (non-hydrogen) atoms. The molecule has 0 aromatic heterocycles. The number of halogens is 2. The molecule has 1 atom stereocenters. The van der Waals surface area contributed by atoms with E-state index in [9.17, 15) is 5.11 Å². The van der Waals surface area contributed by atoms with Crippen molar-refractivity contribution in [1.29, 1.82) is 5.26 Å². The highest BCUT2D eigenvalue weighted by atomic mass is 35.5. The van der Waals surface area contributed by atoms with E-state index in [2.05, 4.69) is 0 Å². The lowest BCUT2D eigenvalue weighted by Crippen LogP contribution is -2.01. The lowest BCUT2D eigenvalue weighted by atomic mass is 10.1. The molecule has 0 heterocycles. The number of hydrogen-bond acceptors (Lipinski definition) is 3. The molecule has 108 valence electrons. The van der Waals surface area contributed by atoms with Crippen LogP contribution >= 0.6 is 23.2 Å². The third-order valence-corrected chi connectivity index (χ3v) is 3.57. The van der Waals surface area contributed by atoms with E-state index in [0.29, 0.717) is 26.9 Å². The van der Waals surface area contributed by atoms with Crippen molar-refractivity contribution in [3.63, 3.8) is 0 Å². The third-order valence-electron chi connectivity index (χ3n) is 2.99. The molecule has 5 heteroatoms. The summed E-state index contributed by atoms with van der Waals surface area (Å²) < 4.78 is 5.71. The number of nitrogens with zero attached hydrogens (tertiary/aromatic N) is 1. The molecule has 0 spiro atoms. The normalized spacial score (nSPS) is 11.8. The standard InChI is InChI=1S/C16H13Cl2NO2/c1-10(20)14-7-13(17)4-5-16(14)21-9-12-3-2-11(8-19)6-15(12)18/h2-7,10,20H,9H2,1H3/t10-/m0/s1. The highest BCUT2D eigenvalue weighted by molar-refractivity contribution is 6.31. The van der Waals surface area contributed by atoms with Gasteiger partial charge in [0.05, 0.1) is 17.7 Å². The van der Waals surface area contributed by atoms with Crippen LogP contribution in [-0.4, -0.2) is 5.11 Å². The van der Waals surface area contributed by atoms with Crippen molar-refractivity contribution in [2.45, 2.75) is 19.6 Å². The number of aliphatic hydroxyl groups is 1. The summed E-state index contributed by atoms with van der Waals surface area (Å²) in [5.41, 5.74) is 1.88. The Morgan fingerprint density at radius 3 is 2.62 bits per heavy atom. The molecule has 0 unspecified atom stereocenters. The van der Waals surface area contributed by atoms with Crippen LogP contribution in [0.2, 0.25) is 10.0 Å². The summed E-state index contributed by atoms with van der Waals surface area (Å²) in [7, 11) is 0. The molecule has 1 N–H and O–H groups in total. The molecule has 0 amide bonds. The monoisotopic (exact) mass is 321 g/mol. The number of benzene rings is 2. The Bertz CT molecular complexity index is 693. The second kappa shape index (κ2) is 6.82. The van der Waals surface area contributed by atoms with Crippen LogP contribution < -0.4 is 4.74 Å². The lowest BCUT2D eigenvalue weighted by Gasteiger charge is -2.14. The molecule has 3 nitrogen and oxygen atoms in total. The average Bonchev–Trinajstić information content (AvgIpc) is 2.46. The minimum Gasteiger partial charge on any atom is -0.488 e. The molecule has 0 aliphatic rings. The van der Waals surface area contributed by atoms with Crippen molar-refractivity contribution in [2.75, 3.05) is 0 Å². The fraction of sp³-hybridized carbons (Fsp3) is 0.188. The molecular formula is C16H13Cl2NO2. The van der Waals surface area contributed by atoms with Crippen molar-refractivity contribution in [1.82, 2.24) is 0 Å². The van der Waals surface area contributed by atoms with E-state index in [-0.39, 0.29) is 6.61 Å². The molecule has 0 saturated heterocycles. The largest absolute Gasteiger partial charge is 0.488 e. The molecule has 0 radical (unpaired) electrons. The predicted octanol–water partition coefficient (Wildman–Crippen LogP) is 4.50. The molecule has 0 fully saturated rings. The lowest BCUT2D eigenvalue weighted by molar-refractivity contribution is 0.190. The number of ether oxygens (including phenoxy) is 1. The van der Waals surface area contributed by atoms with E-state index >= 15 is 0 Å². The van der Waals surface area contributed by atoms with Crippen molar-refractivity contribution >= 4 is 23.2 Å². The Morgan fingerprint density at radius 1 is 1.24 bits per heavy atom. The van der Waals surface area contributed by atoms with Crippen molar-refractivity contribution < 1.29 is 9.84 Å². The average molecular weight is 322 g/mol. The molecule has 0 aliphatic carbocycles. The summed E-state index contributed by atoms with van der Waals surface area (Å²) in [5, 5.41) is 19.6.